The Morgan fingerprint density at radius 3 is 2.53 bits per heavy atom. The van der Waals surface area contributed by atoms with E-state index in [-0.39, 0.29) is 11.4 Å². The second-order valence-corrected chi connectivity index (χ2v) is 4.79. The molecule has 0 aromatic carbocycles. The number of aromatic nitrogens is 1. The third-order valence-electron chi connectivity index (χ3n) is 3.36. The molecule has 4 nitrogen and oxygen atoms in total. The molecule has 0 aliphatic rings. The standard InChI is InChI=1S/C13H21N3O/c1-5-13(2,3)16(4)12(17)11-7-6-10(8-14)9-15-11/h6-7,9H,5,8,14H2,1-4H3. The summed E-state index contributed by atoms with van der Waals surface area (Å²) in [5, 5.41) is 0. The molecule has 1 aromatic rings. The van der Waals surface area contributed by atoms with Gasteiger partial charge in [0.25, 0.3) is 5.91 Å². The van der Waals surface area contributed by atoms with Crippen molar-refractivity contribution in [3.05, 3.63) is 29.6 Å². The summed E-state index contributed by atoms with van der Waals surface area (Å²) in [4.78, 5) is 18.1. The van der Waals surface area contributed by atoms with E-state index < -0.39 is 0 Å². The number of nitrogens with zero attached hydrogens (tertiary/aromatic N) is 2. The Bertz CT molecular complexity index is 384. The molecular weight excluding hydrogens is 214 g/mol. The predicted octanol–water partition coefficient (Wildman–Crippen LogP) is 1.80. The van der Waals surface area contributed by atoms with E-state index in [4.69, 9.17) is 5.73 Å². The van der Waals surface area contributed by atoms with Crippen molar-refractivity contribution >= 4 is 5.91 Å². The predicted molar refractivity (Wildman–Crippen MR) is 68.6 cm³/mol. The first kappa shape index (κ1) is 13.6. The molecule has 0 radical (unpaired) electrons. The maximum atomic E-state index is 12.2. The van der Waals surface area contributed by atoms with Crippen molar-refractivity contribution in [2.75, 3.05) is 7.05 Å². The van der Waals surface area contributed by atoms with Gasteiger partial charge in [0.15, 0.2) is 0 Å². The van der Waals surface area contributed by atoms with Crippen LogP contribution in [-0.4, -0.2) is 28.4 Å². The van der Waals surface area contributed by atoms with Crippen molar-refractivity contribution in [2.45, 2.75) is 39.3 Å². The molecule has 0 saturated heterocycles. The minimum absolute atomic E-state index is 0.0552. The van der Waals surface area contributed by atoms with Crippen molar-refractivity contribution < 1.29 is 4.79 Å². The van der Waals surface area contributed by atoms with Gasteiger partial charge >= 0.3 is 0 Å². The van der Waals surface area contributed by atoms with Crippen LogP contribution >= 0.6 is 0 Å². The van der Waals surface area contributed by atoms with Crippen LogP contribution < -0.4 is 5.73 Å². The molecule has 0 aliphatic carbocycles. The molecule has 0 saturated carbocycles. The molecule has 0 spiro atoms. The average Bonchev–Trinajstić information content (AvgIpc) is 2.37. The molecule has 0 bridgehead atoms. The molecule has 0 fully saturated rings. The molecule has 2 N–H and O–H groups in total. The van der Waals surface area contributed by atoms with Gasteiger partial charge in [-0.2, -0.15) is 0 Å². The van der Waals surface area contributed by atoms with Gasteiger partial charge in [0.1, 0.15) is 5.69 Å². The van der Waals surface area contributed by atoms with Gasteiger partial charge in [0, 0.05) is 25.3 Å². The highest BCUT2D eigenvalue weighted by molar-refractivity contribution is 5.92. The van der Waals surface area contributed by atoms with Crippen LogP contribution in [0.15, 0.2) is 18.3 Å². The monoisotopic (exact) mass is 235 g/mol. The summed E-state index contributed by atoms with van der Waals surface area (Å²) in [6, 6.07) is 3.57. The number of rotatable bonds is 4. The zero-order valence-corrected chi connectivity index (χ0v) is 11.0. The number of hydrogen-bond donors (Lipinski definition) is 1. The van der Waals surface area contributed by atoms with Crippen LogP contribution in [0.4, 0.5) is 0 Å². The Balaban J connectivity index is 2.89. The molecular formula is C13H21N3O. The molecule has 0 atom stereocenters. The smallest absolute Gasteiger partial charge is 0.272 e. The van der Waals surface area contributed by atoms with Gasteiger partial charge < -0.3 is 10.6 Å². The van der Waals surface area contributed by atoms with Crippen LogP contribution in [0.25, 0.3) is 0 Å². The van der Waals surface area contributed by atoms with E-state index in [2.05, 4.69) is 11.9 Å². The number of carbonyl (C=O) groups excluding carboxylic acids is 1. The third-order valence-corrected chi connectivity index (χ3v) is 3.36. The molecule has 1 heterocycles. The van der Waals surface area contributed by atoms with Gasteiger partial charge in [0.2, 0.25) is 0 Å². The number of amides is 1. The van der Waals surface area contributed by atoms with Crippen LogP contribution in [0.3, 0.4) is 0 Å². The summed E-state index contributed by atoms with van der Waals surface area (Å²) in [7, 11) is 1.81. The topological polar surface area (TPSA) is 59.2 Å². The Hall–Kier alpha value is -1.42. The average molecular weight is 235 g/mol. The SMILES string of the molecule is CCC(C)(C)N(C)C(=O)c1ccc(CN)cn1. The minimum Gasteiger partial charge on any atom is -0.335 e. The van der Waals surface area contributed by atoms with Crippen LogP contribution in [-0.2, 0) is 6.54 Å². The van der Waals surface area contributed by atoms with Crippen molar-refractivity contribution in [3.63, 3.8) is 0 Å². The fourth-order valence-corrected chi connectivity index (χ4v) is 1.36. The number of carbonyl (C=O) groups is 1. The highest BCUT2D eigenvalue weighted by Crippen LogP contribution is 2.18. The minimum atomic E-state index is -0.161. The van der Waals surface area contributed by atoms with E-state index in [1.165, 1.54) is 0 Å². The van der Waals surface area contributed by atoms with E-state index in [1.807, 2.05) is 27.0 Å². The molecule has 0 aliphatic heterocycles. The summed E-state index contributed by atoms with van der Waals surface area (Å²) in [6.07, 6.45) is 2.55. The van der Waals surface area contributed by atoms with Gasteiger partial charge in [-0.1, -0.05) is 13.0 Å². The third kappa shape index (κ3) is 3.03. The molecule has 4 heteroatoms. The fourth-order valence-electron chi connectivity index (χ4n) is 1.36. The zero-order chi connectivity index (χ0) is 13.1. The first-order valence-electron chi connectivity index (χ1n) is 5.85. The Kier molecular flexibility index (Phi) is 4.23. The van der Waals surface area contributed by atoms with Crippen molar-refractivity contribution in [3.8, 4) is 0 Å². The van der Waals surface area contributed by atoms with E-state index in [0.717, 1.165) is 12.0 Å². The lowest BCUT2D eigenvalue weighted by Crippen LogP contribution is -2.44. The first-order chi connectivity index (χ1) is 7.92. The summed E-state index contributed by atoms with van der Waals surface area (Å²) < 4.78 is 0. The highest BCUT2D eigenvalue weighted by Gasteiger charge is 2.26. The lowest BCUT2D eigenvalue weighted by atomic mass is 9.99. The quantitative estimate of drug-likeness (QED) is 0.865. The molecule has 0 unspecified atom stereocenters. The van der Waals surface area contributed by atoms with Crippen LogP contribution in [0.2, 0.25) is 0 Å². The second kappa shape index (κ2) is 5.27. The molecule has 1 aromatic heterocycles. The Morgan fingerprint density at radius 1 is 1.47 bits per heavy atom. The molecule has 1 amide bonds. The summed E-state index contributed by atoms with van der Waals surface area (Å²) in [6.45, 7) is 6.59. The fraction of sp³-hybridized carbons (Fsp3) is 0.538. The largest absolute Gasteiger partial charge is 0.335 e. The van der Waals surface area contributed by atoms with E-state index in [1.54, 1.807) is 17.2 Å². The maximum absolute atomic E-state index is 12.2. The Labute approximate surface area is 103 Å². The van der Waals surface area contributed by atoms with Gasteiger partial charge in [-0.05, 0) is 31.9 Å². The molecule has 17 heavy (non-hydrogen) atoms. The van der Waals surface area contributed by atoms with Crippen molar-refractivity contribution in [1.82, 2.24) is 9.88 Å². The van der Waals surface area contributed by atoms with Crippen molar-refractivity contribution in [1.29, 1.82) is 0 Å². The second-order valence-electron chi connectivity index (χ2n) is 4.79. The van der Waals surface area contributed by atoms with Crippen LogP contribution in [0.5, 0.6) is 0 Å². The maximum Gasteiger partial charge on any atom is 0.272 e. The normalized spacial score (nSPS) is 11.4. The molecule has 94 valence electrons. The summed E-state index contributed by atoms with van der Waals surface area (Å²) in [5.41, 5.74) is 6.72. The Morgan fingerprint density at radius 2 is 2.12 bits per heavy atom. The lowest BCUT2D eigenvalue weighted by Gasteiger charge is -2.34. The van der Waals surface area contributed by atoms with Gasteiger partial charge in [0.05, 0.1) is 0 Å². The van der Waals surface area contributed by atoms with Crippen LogP contribution in [0, 0.1) is 0 Å². The van der Waals surface area contributed by atoms with E-state index in [0.29, 0.717) is 12.2 Å². The van der Waals surface area contributed by atoms with Crippen LogP contribution in [0.1, 0.15) is 43.2 Å². The highest BCUT2D eigenvalue weighted by atomic mass is 16.2. The molecule has 1 rings (SSSR count). The van der Waals surface area contributed by atoms with Gasteiger partial charge in [-0.3, -0.25) is 9.78 Å². The van der Waals surface area contributed by atoms with Crippen molar-refractivity contribution in [2.24, 2.45) is 5.73 Å². The van der Waals surface area contributed by atoms with E-state index in [9.17, 15) is 4.79 Å². The summed E-state index contributed by atoms with van der Waals surface area (Å²) in [5.74, 6) is -0.0552. The first-order valence-corrected chi connectivity index (χ1v) is 5.85. The van der Waals surface area contributed by atoms with Gasteiger partial charge in [-0.15, -0.1) is 0 Å². The summed E-state index contributed by atoms with van der Waals surface area (Å²) >= 11 is 0. The zero-order valence-electron chi connectivity index (χ0n) is 11.0. The van der Waals surface area contributed by atoms with Gasteiger partial charge in [-0.25, -0.2) is 0 Å². The number of nitrogens with two attached hydrogens (primary N) is 1. The van der Waals surface area contributed by atoms with E-state index >= 15 is 0 Å². The number of hydrogen-bond acceptors (Lipinski definition) is 3. The lowest BCUT2D eigenvalue weighted by molar-refractivity contribution is 0.0614. The number of pyridine rings is 1.